The third-order valence-electron chi connectivity index (χ3n) is 3.19. The van der Waals surface area contributed by atoms with E-state index in [-0.39, 0.29) is 18.3 Å². The molecule has 0 saturated carbocycles. The Balaban J connectivity index is 2.05. The highest BCUT2D eigenvalue weighted by molar-refractivity contribution is 9.10. The van der Waals surface area contributed by atoms with Crippen LogP contribution in [0.5, 0.6) is 5.75 Å². The van der Waals surface area contributed by atoms with Gasteiger partial charge in [0.25, 0.3) is 0 Å². The zero-order valence-corrected chi connectivity index (χ0v) is 12.2. The summed E-state index contributed by atoms with van der Waals surface area (Å²) in [4.78, 5) is 0. The first-order valence-corrected chi connectivity index (χ1v) is 7.10. The molecule has 2 nitrogen and oxygen atoms in total. The average molecular weight is 321 g/mol. The van der Waals surface area contributed by atoms with Gasteiger partial charge in [0.05, 0.1) is 0 Å². The standard InChI is InChI=1S/C16H17BrO2/c17-16-4-2-1-3-14(16)10-13(11-18)9-12-5-7-15(19)8-6-12/h1-8,13,18-19H,9-11H2. The van der Waals surface area contributed by atoms with Crippen LogP contribution in [0.15, 0.2) is 53.0 Å². The topological polar surface area (TPSA) is 40.5 Å². The van der Waals surface area contributed by atoms with E-state index in [0.717, 1.165) is 22.9 Å². The fourth-order valence-electron chi connectivity index (χ4n) is 2.14. The Morgan fingerprint density at radius 3 is 2.26 bits per heavy atom. The molecular formula is C16H17BrO2. The molecule has 100 valence electrons. The summed E-state index contributed by atoms with van der Waals surface area (Å²) < 4.78 is 1.08. The summed E-state index contributed by atoms with van der Waals surface area (Å²) in [5.41, 5.74) is 2.34. The number of aliphatic hydroxyl groups is 1. The minimum atomic E-state index is 0.155. The number of phenolic OH excluding ortho intramolecular Hbond substituents is 1. The van der Waals surface area contributed by atoms with Gasteiger partial charge >= 0.3 is 0 Å². The quantitative estimate of drug-likeness (QED) is 0.884. The van der Waals surface area contributed by atoms with Crippen LogP contribution >= 0.6 is 15.9 Å². The lowest BCUT2D eigenvalue weighted by atomic mass is 9.93. The molecule has 1 atom stereocenters. The summed E-state index contributed by atoms with van der Waals surface area (Å²) in [7, 11) is 0. The molecule has 2 rings (SSSR count). The van der Waals surface area contributed by atoms with Crippen LogP contribution in [0.1, 0.15) is 11.1 Å². The Labute approximate surface area is 121 Å². The van der Waals surface area contributed by atoms with Crippen molar-refractivity contribution in [2.45, 2.75) is 12.8 Å². The summed E-state index contributed by atoms with van der Waals surface area (Å²) >= 11 is 3.53. The van der Waals surface area contributed by atoms with E-state index in [1.54, 1.807) is 12.1 Å². The van der Waals surface area contributed by atoms with Gasteiger partial charge < -0.3 is 10.2 Å². The van der Waals surface area contributed by atoms with Crippen LogP contribution in [-0.4, -0.2) is 16.8 Å². The van der Waals surface area contributed by atoms with Gasteiger partial charge in [-0.2, -0.15) is 0 Å². The van der Waals surface area contributed by atoms with Gasteiger partial charge in [0, 0.05) is 11.1 Å². The van der Waals surface area contributed by atoms with Crippen molar-refractivity contribution in [3.8, 4) is 5.75 Å². The molecule has 2 aromatic rings. The van der Waals surface area contributed by atoms with Crippen molar-refractivity contribution in [2.75, 3.05) is 6.61 Å². The van der Waals surface area contributed by atoms with Gasteiger partial charge in [0.1, 0.15) is 5.75 Å². The average Bonchev–Trinajstić information content (AvgIpc) is 2.43. The van der Waals surface area contributed by atoms with Crippen LogP contribution < -0.4 is 0 Å². The van der Waals surface area contributed by atoms with Crippen molar-refractivity contribution in [3.63, 3.8) is 0 Å². The van der Waals surface area contributed by atoms with Crippen molar-refractivity contribution in [1.82, 2.24) is 0 Å². The van der Waals surface area contributed by atoms with E-state index in [2.05, 4.69) is 22.0 Å². The number of phenols is 1. The zero-order valence-electron chi connectivity index (χ0n) is 10.6. The summed E-state index contributed by atoms with van der Waals surface area (Å²) in [6.07, 6.45) is 1.64. The van der Waals surface area contributed by atoms with Gasteiger partial charge in [-0.15, -0.1) is 0 Å². The fraction of sp³-hybridized carbons (Fsp3) is 0.250. The second-order valence-electron chi connectivity index (χ2n) is 4.71. The molecule has 0 saturated heterocycles. The van der Waals surface area contributed by atoms with Crippen molar-refractivity contribution in [3.05, 3.63) is 64.1 Å². The minimum Gasteiger partial charge on any atom is -0.508 e. The Morgan fingerprint density at radius 1 is 0.947 bits per heavy atom. The lowest BCUT2D eigenvalue weighted by Gasteiger charge is -2.15. The van der Waals surface area contributed by atoms with Crippen molar-refractivity contribution in [2.24, 2.45) is 5.92 Å². The van der Waals surface area contributed by atoms with Gasteiger partial charge in [-0.05, 0) is 48.1 Å². The SMILES string of the molecule is OCC(Cc1ccc(O)cc1)Cc1ccccc1Br. The van der Waals surface area contributed by atoms with Gasteiger partial charge in [-0.25, -0.2) is 0 Å². The predicted octanol–water partition coefficient (Wildman–Crippen LogP) is 3.55. The van der Waals surface area contributed by atoms with Crippen LogP contribution in [0, 0.1) is 5.92 Å². The Hall–Kier alpha value is -1.32. The van der Waals surface area contributed by atoms with Crippen LogP contribution in [0.3, 0.4) is 0 Å². The molecule has 0 fully saturated rings. The van der Waals surface area contributed by atoms with Gasteiger partial charge in [0.15, 0.2) is 0 Å². The van der Waals surface area contributed by atoms with Crippen LogP contribution in [0.2, 0.25) is 0 Å². The first-order valence-electron chi connectivity index (χ1n) is 6.31. The minimum absolute atomic E-state index is 0.155. The number of benzene rings is 2. The molecule has 0 aromatic heterocycles. The van der Waals surface area contributed by atoms with Crippen LogP contribution in [-0.2, 0) is 12.8 Å². The summed E-state index contributed by atoms with van der Waals surface area (Å²) in [6.45, 7) is 0.155. The Bertz CT molecular complexity index is 523. The molecule has 2 N–H and O–H groups in total. The molecule has 19 heavy (non-hydrogen) atoms. The van der Waals surface area contributed by atoms with E-state index in [4.69, 9.17) is 0 Å². The highest BCUT2D eigenvalue weighted by atomic mass is 79.9. The lowest BCUT2D eigenvalue weighted by molar-refractivity contribution is 0.225. The lowest BCUT2D eigenvalue weighted by Crippen LogP contribution is -2.13. The molecule has 0 radical (unpaired) electrons. The molecular weight excluding hydrogens is 304 g/mol. The van der Waals surface area contributed by atoms with Crippen molar-refractivity contribution in [1.29, 1.82) is 0 Å². The Kier molecular flexibility index (Phi) is 5.00. The van der Waals surface area contributed by atoms with Crippen molar-refractivity contribution >= 4 is 15.9 Å². The molecule has 0 aliphatic carbocycles. The normalized spacial score (nSPS) is 12.3. The third kappa shape index (κ3) is 4.08. The number of hydrogen-bond donors (Lipinski definition) is 2. The van der Waals surface area contributed by atoms with Crippen LogP contribution in [0.25, 0.3) is 0 Å². The Morgan fingerprint density at radius 2 is 1.63 bits per heavy atom. The number of hydrogen-bond acceptors (Lipinski definition) is 2. The summed E-state index contributed by atoms with van der Waals surface area (Å²) in [5.74, 6) is 0.457. The molecule has 0 heterocycles. The monoisotopic (exact) mass is 320 g/mol. The van der Waals surface area contributed by atoms with Gasteiger partial charge in [0.2, 0.25) is 0 Å². The highest BCUT2D eigenvalue weighted by Gasteiger charge is 2.11. The van der Waals surface area contributed by atoms with Gasteiger partial charge in [-0.3, -0.25) is 0 Å². The number of aliphatic hydroxyl groups excluding tert-OH is 1. The maximum absolute atomic E-state index is 9.53. The molecule has 0 aliphatic heterocycles. The van der Waals surface area contributed by atoms with E-state index in [1.165, 1.54) is 5.56 Å². The number of halogens is 1. The molecule has 3 heteroatoms. The zero-order chi connectivity index (χ0) is 13.7. The predicted molar refractivity (Wildman–Crippen MR) is 80.2 cm³/mol. The second kappa shape index (κ2) is 6.73. The van der Waals surface area contributed by atoms with Gasteiger partial charge in [-0.1, -0.05) is 46.3 Å². The maximum Gasteiger partial charge on any atom is 0.115 e. The van der Waals surface area contributed by atoms with E-state index >= 15 is 0 Å². The molecule has 0 aliphatic rings. The summed E-state index contributed by atoms with van der Waals surface area (Å²) in [5, 5.41) is 18.8. The molecule has 0 bridgehead atoms. The molecule has 0 amide bonds. The van der Waals surface area contributed by atoms with E-state index < -0.39 is 0 Å². The highest BCUT2D eigenvalue weighted by Crippen LogP contribution is 2.22. The van der Waals surface area contributed by atoms with Crippen LogP contribution in [0.4, 0.5) is 0 Å². The van der Waals surface area contributed by atoms with E-state index in [0.29, 0.717) is 0 Å². The molecule has 2 aromatic carbocycles. The summed E-state index contributed by atoms with van der Waals surface area (Å²) in [6, 6.07) is 15.3. The second-order valence-corrected chi connectivity index (χ2v) is 5.57. The number of rotatable bonds is 5. The first kappa shape index (κ1) is 14.1. The smallest absolute Gasteiger partial charge is 0.115 e. The number of aromatic hydroxyl groups is 1. The van der Waals surface area contributed by atoms with Crippen molar-refractivity contribution < 1.29 is 10.2 Å². The third-order valence-corrected chi connectivity index (χ3v) is 3.96. The maximum atomic E-state index is 9.53. The van der Waals surface area contributed by atoms with E-state index in [1.807, 2.05) is 30.3 Å². The van der Waals surface area contributed by atoms with E-state index in [9.17, 15) is 10.2 Å². The molecule has 0 spiro atoms. The molecule has 1 unspecified atom stereocenters. The largest absolute Gasteiger partial charge is 0.508 e. The fourth-order valence-corrected chi connectivity index (χ4v) is 2.59. The first-order chi connectivity index (χ1) is 9.19.